The molecule has 21 heavy (non-hydrogen) atoms. The predicted molar refractivity (Wildman–Crippen MR) is 79.9 cm³/mol. The number of allylic oxidation sites excluding steroid dienone is 1. The van der Waals surface area contributed by atoms with Crippen molar-refractivity contribution in [2.45, 2.75) is 6.54 Å². The van der Waals surface area contributed by atoms with E-state index >= 15 is 0 Å². The highest BCUT2D eigenvalue weighted by Crippen LogP contribution is 2.24. The van der Waals surface area contributed by atoms with Crippen LogP contribution in [0.25, 0.3) is 6.08 Å². The molecule has 2 nitrogen and oxygen atoms in total. The molecule has 0 fully saturated rings. The summed E-state index contributed by atoms with van der Waals surface area (Å²) in [5.74, 6) is 0.183. The van der Waals surface area contributed by atoms with Gasteiger partial charge in [-0.05, 0) is 11.6 Å². The van der Waals surface area contributed by atoms with E-state index in [0.29, 0.717) is 0 Å². The van der Waals surface area contributed by atoms with Gasteiger partial charge in [0.25, 0.3) is 0 Å². The molecule has 0 atom stereocenters. The lowest BCUT2D eigenvalue weighted by atomic mass is 10.0. The van der Waals surface area contributed by atoms with Gasteiger partial charge in [-0.15, -0.1) is 0 Å². The van der Waals surface area contributed by atoms with Gasteiger partial charge in [-0.3, -0.25) is 0 Å². The van der Waals surface area contributed by atoms with E-state index in [2.05, 4.69) is 0 Å². The van der Waals surface area contributed by atoms with Gasteiger partial charge >= 0.3 is 7.04 Å². The van der Waals surface area contributed by atoms with Crippen LogP contribution in [0, 0.1) is 0 Å². The van der Waals surface area contributed by atoms with E-state index in [1.54, 1.807) is 6.08 Å². The molecule has 0 radical (unpaired) electrons. The molecule has 5 heteroatoms. The summed E-state index contributed by atoms with van der Waals surface area (Å²) in [5.41, 5.74) is 1.65. The zero-order valence-electron chi connectivity index (χ0n) is 11.3. The Labute approximate surface area is 122 Å². The first-order chi connectivity index (χ1) is 10.1. The monoisotopic (exact) mass is 285 g/mol. The summed E-state index contributed by atoms with van der Waals surface area (Å²) < 4.78 is 33.6. The Hall–Kier alpha value is -2.43. The van der Waals surface area contributed by atoms with E-state index in [4.69, 9.17) is 4.65 Å². The van der Waals surface area contributed by atoms with E-state index in [9.17, 15) is 8.63 Å². The number of hydrogen-bond acceptors (Lipinski definition) is 1. The Balaban J connectivity index is 1.85. The molecule has 2 aromatic carbocycles. The Kier molecular flexibility index (Phi) is 3.56. The van der Waals surface area contributed by atoms with Crippen LogP contribution in [-0.4, -0.2) is 17.7 Å². The molecule has 0 bridgehead atoms. The summed E-state index contributed by atoms with van der Waals surface area (Å²) in [6.45, 7) is 0.125. The summed E-state index contributed by atoms with van der Waals surface area (Å²) in [6.07, 6.45) is 2.99. The molecule has 0 unspecified atom stereocenters. The number of rotatable bonds is 3. The molecule has 3 rings (SSSR count). The van der Waals surface area contributed by atoms with E-state index < -0.39 is 7.04 Å². The molecule has 2 aromatic rings. The summed E-state index contributed by atoms with van der Waals surface area (Å²) in [6, 6.07) is 18.4. The topological polar surface area (TPSA) is 12.2 Å². The number of benzene rings is 2. The van der Waals surface area contributed by atoms with Crippen molar-refractivity contribution in [3.63, 3.8) is 0 Å². The van der Waals surface area contributed by atoms with Crippen LogP contribution in [0.1, 0.15) is 11.1 Å². The van der Waals surface area contributed by atoms with Gasteiger partial charge in [0.15, 0.2) is 6.21 Å². The van der Waals surface area contributed by atoms with E-state index in [1.165, 1.54) is 6.21 Å². The van der Waals surface area contributed by atoms with Crippen LogP contribution in [0.2, 0.25) is 0 Å². The fourth-order valence-corrected chi connectivity index (χ4v) is 2.24. The van der Waals surface area contributed by atoms with Crippen LogP contribution in [0.3, 0.4) is 0 Å². The number of halogens is 2. The van der Waals surface area contributed by atoms with Crippen LogP contribution < -0.4 is 0 Å². The van der Waals surface area contributed by atoms with Crippen molar-refractivity contribution < 1.29 is 17.8 Å². The second-order valence-electron chi connectivity index (χ2n) is 4.92. The lowest BCUT2D eigenvalue weighted by Crippen LogP contribution is -2.37. The van der Waals surface area contributed by atoms with Crippen molar-refractivity contribution in [3.05, 3.63) is 77.5 Å². The Morgan fingerprint density at radius 3 is 2.24 bits per heavy atom. The minimum atomic E-state index is -4.01. The molecule has 0 saturated carbocycles. The first-order valence-electron chi connectivity index (χ1n) is 6.75. The molecule has 1 aliphatic rings. The number of nitrogens with zero attached hydrogens (tertiary/aromatic N) is 1. The molecule has 0 N–H and O–H groups in total. The summed E-state index contributed by atoms with van der Waals surface area (Å²) in [5, 5.41) is 0. The lowest BCUT2D eigenvalue weighted by Gasteiger charge is -2.15. The largest absolute Gasteiger partial charge is 0.828 e. The third kappa shape index (κ3) is 3.19. The van der Waals surface area contributed by atoms with Gasteiger partial charge in [-0.2, -0.15) is 0 Å². The smallest absolute Gasteiger partial charge is 0.596 e. The highest BCUT2D eigenvalue weighted by Gasteiger charge is 2.50. The Bertz CT molecular complexity index is 684. The van der Waals surface area contributed by atoms with Crippen LogP contribution >= 0.6 is 0 Å². The lowest BCUT2D eigenvalue weighted by molar-refractivity contribution is -0.443. The Morgan fingerprint density at radius 2 is 1.57 bits per heavy atom. The molecule has 106 valence electrons. The van der Waals surface area contributed by atoms with Crippen molar-refractivity contribution in [1.29, 1.82) is 0 Å². The predicted octanol–water partition coefficient (Wildman–Crippen LogP) is 3.72. The van der Waals surface area contributed by atoms with Crippen molar-refractivity contribution in [3.8, 4) is 0 Å². The van der Waals surface area contributed by atoms with Crippen LogP contribution in [0.4, 0.5) is 8.63 Å². The molecule has 0 spiro atoms. The van der Waals surface area contributed by atoms with Crippen molar-refractivity contribution in [2.24, 2.45) is 0 Å². The second kappa shape index (κ2) is 5.52. The molecule has 0 amide bonds. The third-order valence-corrected chi connectivity index (χ3v) is 3.27. The third-order valence-electron chi connectivity index (χ3n) is 3.27. The highest BCUT2D eigenvalue weighted by atomic mass is 19.3. The SMILES string of the molecule is F[B-]1(F)O/C(=C\c2ccccc2)C=[N+]1Cc1ccccc1. The van der Waals surface area contributed by atoms with E-state index in [1.807, 2.05) is 60.7 Å². The molecule has 0 aromatic heterocycles. The standard InChI is InChI=1S/C16H14BF2NO/c18-17(19)20(12-15-9-5-2-6-10-15)13-16(21-17)11-14-7-3-1-4-8-14/h1-11,13H,12H2/b16-11-. The summed E-state index contributed by atoms with van der Waals surface area (Å²) in [7, 11) is -4.01. The zero-order valence-corrected chi connectivity index (χ0v) is 11.3. The first-order valence-corrected chi connectivity index (χ1v) is 6.75. The van der Waals surface area contributed by atoms with Gasteiger partial charge in [0, 0.05) is 5.56 Å². The highest BCUT2D eigenvalue weighted by molar-refractivity contribution is 6.52. The maximum Gasteiger partial charge on any atom is 0.828 e. The van der Waals surface area contributed by atoms with Gasteiger partial charge in [-0.25, -0.2) is 0 Å². The molecular formula is C16H14BF2NO. The molecule has 1 aliphatic heterocycles. The second-order valence-corrected chi connectivity index (χ2v) is 4.92. The van der Waals surface area contributed by atoms with E-state index in [-0.39, 0.29) is 12.3 Å². The van der Waals surface area contributed by atoms with Crippen molar-refractivity contribution in [2.75, 3.05) is 0 Å². The zero-order chi connectivity index (χ0) is 14.7. The van der Waals surface area contributed by atoms with Crippen LogP contribution in [0.5, 0.6) is 0 Å². The first kappa shape index (κ1) is 13.6. The normalized spacial score (nSPS) is 18.4. The van der Waals surface area contributed by atoms with Crippen LogP contribution in [0.15, 0.2) is 66.4 Å². The molecule has 0 aliphatic carbocycles. The average molecular weight is 285 g/mol. The van der Waals surface area contributed by atoms with Gasteiger partial charge in [-0.1, -0.05) is 60.7 Å². The Morgan fingerprint density at radius 1 is 0.952 bits per heavy atom. The molecule has 1 heterocycles. The van der Waals surface area contributed by atoms with Crippen molar-refractivity contribution in [1.82, 2.24) is 0 Å². The van der Waals surface area contributed by atoms with E-state index in [0.717, 1.165) is 15.6 Å². The van der Waals surface area contributed by atoms with Gasteiger partial charge in [0.1, 0.15) is 12.3 Å². The maximum atomic E-state index is 13.9. The summed E-state index contributed by atoms with van der Waals surface area (Å²) in [4.78, 5) is 0. The minimum Gasteiger partial charge on any atom is -0.596 e. The quantitative estimate of drug-likeness (QED) is 0.783. The molecular weight excluding hydrogens is 271 g/mol. The number of hydrogen-bond donors (Lipinski definition) is 0. The van der Waals surface area contributed by atoms with Gasteiger partial charge < -0.3 is 17.8 Å². The van der Waals surface area contributed by atoms with Gasteiger partial charge in [0.2, 0.25) is 0 Å². The fourth-order valence-electron chi connectivity index (χ4n) is 2.24. The van der Waals surface area contributed by atoms with Gasteiger partial charge in [0.05, 0.1) is 0 Å². The maximum absolute atomic E-state index is 13.9. The minimum absolute atomic E-state index is 0.125. The van der Waals surface area contributed by atoms with Crippen molar-refractivity contribution >= 4 is 19.3 Å². The van der Waals surface area contributed by atoms with Crippen LogP contribution in [-0.2, 0) is 11.2 Å². The average Bonchev–Trinajstić information content (AvgIpc) is 2.75. The fraction of sp³-hybridized carbons (Fsp3) is 0.0625. The summed E-state index contributed by atoms with van der Waals surface area (Å²) >= 11 is 0. The molecule has 0 saturated heterocycles.